The number of hydrogen-bond donors (Lipinski definition) is 1. The fourth-order valence-corrected chi connectivity index (χ4v) is 3.53. The van der Waals surface area contributed by atoms with Gasteiger partial charge in [0.15, 0.2) is 0 Å². The molecule has 3 rings (SSSR count). The minimum Gasteiger partial charge on any atom is -0.497 e. The van der Waals surface area contributed by atoms with Crippen LogP contribution in [0.15, 0.2) is 72.8 Å². The summed E-state index contributed by atoms with van der Waals surface area (Å²) in [5, 5.41) is 10.3. The third-order valence-electron chi connectivity index (χ3n) is 5.09. The average Bonchev–Trinajstić information content (AvgIpc) is 2.78. The number of methoxy groups -OCH3 is 3. The molecule has 146 valence electrons. The van der Waals surface area contributed by atoms with Crippen LogP contribution in [0.2, 0.25) is 0 Å². The molecule has 1 unspecified atom stereocenters. The lowest BCUT2D eigenvalue weighted by molar-refractivity contribution is 0.255. The Bertz CT molecular complexity index is 807. The van der Waals surface area contributed by atoms with Crippen LogP contribution < -0.4 is 14.2 Å². The highest BCUT2D eigenvalue weighted by Crippen LogP contribution is 2.39. The number of aliphatic hydroxyl groups is 1. The summed E-state index contributed by atoms with van der Waals surface area (Å²) in [6.07, 6.45) is 0. The van der Waals surface area contributed by atoms with Crippen molar-refractivity contribution in [3.63, 3.8) is 0 Å². The lowest BCUT2D eigenvalue weighted by Crippen LogP contribution is -2.16. The molecule has 1 atom stereocenters. The van der Waals surface area contributed by atoms with E-state index in [9.17, 15) is 5.11 Å². The van der Waals surface area contributed by atoms with Gasteiger partial charge in [-0.3, -0.25) is 0 Å². The highest BCUT2D eigenvalue weighted by atomic mass is 16.5. The first-order valence-corrected chi connectivity index (χ1v) is 9.23. The first-order chi connectivity index (χ1) is 13.7. The fraction of sp³-hybridized carbons (Fsp3) is 0.250. The van der Waals surface area contributed by atoms with Crippen molar-refractivity contribution in [2.45, 2.75) is 11.8 Å². The van der Waals surface area contributed by atoms with Gasteiger partial charge in [0.05, 0.1) is 27.9 Å². The fourth-order valence-electron chi connectivity index (χ4n) is 3.53. The Hall–Kier alpha value is -2.98. The smallest absolute Gasteiger partial charge is 0.118 e. The Kier molecular flexibility index (Phi) is 6.56. The third kappa shape index (κ3) is 4.29. The second-order valence-corrected chi connectivity index (χ2v) is 6.59. The minimum atomic E-state index is -0.104. The monoisotopic (exact) mass is 378 g/mol. The maximum absolute atomic E-state index is 10.3. The minimum absolute atomic E-state index is 0.0183. The van der Waals surface area contributed by atoms with Gasteiger partial charge in [-0.2, -0.15) is 0 Å². The molecule has 0 amide bonds. The molecule has 3 aromatic carbocycles. The van der Waals surface area contributed by atoms with Crippen LogP contribution in [0, 0.1) is 0 Å². The van der Waals surface area contributed by atoms with Gasteiger partial charge in [0, 0.05) is 11.8 Å². The molecule has 0 bridgehead atoms. The summed E-state index contributed by atoms with van der Waals surface area (Å²) in [6.45, 7) is 0.0229. The van der Waals surface area contributed by atoms with Crippen LogP contribution in [-0.2, 0) is 0 Å². The lowest BCUT2D eigenvalue weighted by Gasteiger charge is -2.27. The number of benzene rings is 3. The van der Waals surface area contributed by atoms with Crippen LogP contribution in [0.3, 0.4) is 0 Å². The van der Waals surface area contributed by atoms with Crippen molar-refractivity contribution >= 4 is 0 Å². The van der Waals surface area contributed by atoms with E-state index in [1.807, 2.05) is 48.5 Å². The van der Waals surface area contributed by atoms with E-state index in [1.54, 1.807) is 21.3 Å². The maximum Gasteiger partial charge on any atom is 0.118 e. The van der Waals surface area contributed by atoms with E-state index in [0.29, 0.717) is 0 Å². The molecular weight excluding hydrogens is 352 g/mol. The van der Waals surface area contributed by atoms with Crippen LogP contribution in [0.4, 0.5) is 0 Å². The van der Waals surface area contributed by atoms with Gasteiger partial charge < -0.3 is 19.3 Å². The second kappa shape index (κ2) is 9.29. The molecule has 0 saturated heterocycles. The van der Waals surface area contributed by atoms with Crippen molar-refractivity contribution in [2.24, 2.45) is 0 Å². The molecule has 0 aromatic heterocycles. The van der Waals surface area contributed by atoms with Crippen LogP contribution in [0.1, 0.15) is 28.5 Å². The summed E-state index contributed by atoms with van der Waals surface area (Å²) in [7, 11) is 4.96. The Labute approximate surface area is 166 Å². The predicted octanol–water partition coefficient (Wildman–Crippen LogP) is 4.62. The van der Waals surface area contributed by atoms with E-state index >= 15 is 0 Å². The Balaban J connectivity index is 2.05. The summed E-state index contributed by atoms with van der Waals surface area (Å²) < 4.78 is 15.9. The molecule has 4 heteroatoms. The van der Waals surface area contributed by atoms with Crippen molar-refractivity contribution in [3.05, 3.63) is 89.5 Å². The quantitative estimate of drug-likeness (QED) is 0.621. The summed E-state index contributed by atoms with van der Waals surface area (Å²) >= 11 is 0. The van der Waals surface area contributed by atoms with Gasteiger partial charge >= 0.3 is 0 Å². The standard InChI is InChI=1S/C24H26O4/c1-26-20-10-4-17(5-11-20)23(16-25)24(18-6-12-21(27-2)13-7-18)19-8-14-22(28-3)15-9-19/h4-15,23-25H,16H2,1-3H3. The highest BCUT2D eigenvalue weighted by molar-refractivity contribution is 5.43. The zero-order valence-corrected chi connectivity index (χ0v) is 16.5. The van der Waals surface area contributed by atoms with Gasteiger partial charge in [0.1, 0.15) is 17.2 Å². The summed E-state index contributed by atoms with van der Waals surface area (Å²) in [6, 6.07) is 23.9. The summed E-state index contributed by atoms with van der Waals surface area (Å²) in [5.41, 5.74) is 3.28. The molecule has 0 fully saturated rings. The molecule has 3 aromatic rings. The van der Waals surface area contributed by atoms with Gasteiger partial charge in [0.2, 0.25) is 0 Å². The average molecular weight is 378 g/mol. The Morgan fingerprint density at radius 1 is 0.571 bits per heavy atom. The largest absolute Gasteiger partial charge is 0.497 e. The van der Waals surface area contributed by atoms with E-state index in [1.165, 1.54) is 0 Å². The van der Waals surface area contributed by atoms with E-state index in [4.69, 9.17) is 14.2 Å². The second-order valence-electron chi connectivity index (χ2n) is 6.59. The molecule has 0 aliphatic rings. The molecule has 0 saturated carbocycles. The molecule has 1 N–H and O–H groups in total. The van der Waals surface area contributed by atoms with Crippen LogP contribution in [-0.4, -0.2) is 33.0 Å². The predicted molar refractivity (Wildman–Crippen MR) is 111 cm³/mol. The first-order valence-electron chi connectivity index (χ1n) is 9.23. The third-order valence-corrected chi connectivity index (χ3v) is 5.09. The SMILES string of the molecule is COc1ccc(C(CO)C(c2ccc(OC)cc2)c2ccc(OC)cc2)cc1. The van der Waals surface area contributed by atoms with Crippen molar-refractivity contribution in [1.29, 1.82) is 0 Å². The van der Waals surface area contributed by atoms with E-state index < -0.39 is 0 Å². The molecule has 28 heavy (non-hydrogen) atoms. The molecule has 0 aliphatic heterocycles. The van der Waals surface area contributed by atoms with E-state index in [2.05, 4.69) is 24.3 Å². The highest BCUT2D eigenvalue weighted by Gasteiger charge is 2.26. The topological polar surface area (TPSA) is 47.9 Å². The molecule has 0 spiro atoms. The zero-order chi connectivity index (χ0) is 19.9. The normalized spacial score (nSPS) is 11.9. The summed E-state index contributed by atoms with van der Waals surface area (Å²) in [4.78, 5) is 0. The van der Waals surface area contributed by atoms with Crippen molar-refractivity contribution in [3.8, 4) is 17.2 Å². The molecule has 0 aliphatic carbocycles. The van der Waals surface area contributed by atoms with Gasteiger partial charge in [-0.1, -0.05) is 36.4 Å². The molecule has 4 nitrogen and oxygen atoms in total. The van der Waals surface area contributed by atoms with Crippen LogP contribution in [0.5, 0.6) is 17.2 Å². The van der Waals surface area contributed by atoms with Gasteiger partial charge in [-0.15, -0.1) is 0 Å². The van der Waals surface area contributed by atoms with Gasteiger partial charge in [-0.05, 0) is 53.1 Å². The number of ether oxygens (including phenoxy) is 3. The van der Waals surface area contributed by atoms with E-state index in [0.717, 1.165) is 33.9 Å². The zero-order valence-electron chi connectivity index (χ0n) is 16.5. The maximum atomic E-state index is 10.3. The van der Waals surface area contributed by atoms with Gasteiger partial charge in [0.25, 0.3) is 0 Å². The van der Waals surface area contributed by atoms with Crippen molar-refractivity contribution in [2.75, 3.05) is 27.9 Å². The van der Waals surface area contributed by atoms with Crippen LogP contribution >= 0.6 is 0 Å². The molecular formula is C24H26O4. The number of hydrogen-bond acceptors (Lipinski definition) is 4. The van der Waals surface area contributed by atoms with Crippen molar-refractivity contribution in [1.82, 2.24) is 0 Å². The first kappa shape index (κ1) is 19.8. The van der Waals surface area contributed by atoms with E-state index in [-0.39, 0.29) is 18.4 Å². The van der Waals surface area contributed by atoms with Gasteiger partial charge in [-0.25, -0.2) is 0 Å². The number of rotatable bonds is 8. The molecule has 0 radical (unpaired) electrons. The summed E-state index contributed by atoms with van der Waals surface area (Å²) in [5.74, 6) is 2.29. The van der Waals surface area contributed by atoms with Crippen molar-refractivity contribution < 1.29 is 19.3 Å². The molecule has 0 heterocycles. The Morgan fingerprint density at radius 2 is 0.893 bits per heavy atom. The lowest BCUT2D eigenvalue weighted by atomic mass is 9.77. The van der Waals surface area contributed by atoms with Crippen LogP contribution in [0.25, 0.3) is 0 Å². The number of aliphatic hydroxyl groups excluding tert-OH is 1. The Morgan fingerprint density at radius 3 is 1.18 bits per heavy atom.